The van der Waals surface area contributed by atoms with E-state index in [0.717, 1.165) is 24.9 Å². The van der Waals surface area contributed by atoms with E-state index in [1.807, 2.05) is 36.4 Å². The van der Waals surface area contributed by atoms with Gasteiger partial charge in [0, 0.05) is 63.4 Å². The Morgan fingerprint density at radius 1 is 1.20 bits per heavy atom. The molecule has 1 aliphatic heterocycles. The lowest BCUT2D eigenvalue weighted by Crippen LogP contribution is -2.43. The average Bonchev–Trinajstić information content (AvgIpc) is 3.21. The number of hydrogen-bond acceptors (Lipinski definition) is 4. The summed E-state index contributed by atoms with van der Waals surface area (Å²) in [5.74, 6) is 1.65. The molecule has 5 nitrogen and oxygen atoms in total. The lowest BCUT2D eigenvalue weighted by molar-refractivity contribution is 0.105. The fourth-order valence-electron chi connectivity index (χ4n) is 4.92. The second kappa shape index (κ2) is 7.26. The molecule has 0 N–H and O–H groups in total. The molecule has 1 saturated heterocycles. The molecule has 0 spiro atoms. The van der Waals surface area contributed by atoms with Crippen molar-refractivity contribution in [2.75, 3.05) is 20.1 Å². The normalized spacial score (nSPS) is 26.9. The maximum absolute atomic E-state index is 4.32. The third-order valence-corrected chi connectivity index (χ3v) is 6.02. The van der Waals surface area contributed by atoms with Gasteiger partial charge in [0.05, 0.1) is 6.20 Å². The summed E-state index contributed by atoms with van der Waals surface area (Å²) >= 11 is 0. The molecule has 2 aromatic rings. The lowest BCUT2D eigenvalue weighted by atomic mass is 9.77. The first kappa shape index (κ1) is 16.7. The molecule has 3 heterocycles. The Bertz CT molecular complexity index is 682. The first-order chi connectivity index (χ1) is 12.2. The summed E-state index contributed by atoms with van der Waals surface area (Å²) in [6.07, 6.45) is 12.1. The Balaban J connectivity index is 1.40. The quantitative estimate of drug-likeness (QED) is 0.839. The van der Waals surface area contributed by atoms with Crippen molar-refractivity contribution in [2.45, 2.75) is 38.4 Å². The van der Waals surface area contributed by atoms with Crippen molar-refractivity contribution in [3.05, 3.63) is 48.0 Å². The molecule has 25 heavy (non-hydrogen) atoms. The van der Waals surface area contributed by atoms with Crippen LogP contribution in [0.3, 0.4) is 0 Å². The summed E-state index contributed by atoms with van der Waals surface area (Å²) in [4.78, 5) is 9.48. The molecule has 0 bridgehead atoms. The molecule has 1 aliphatic carbocycles. The van der Waals surface area contributed by atoms with Crippen molar-refractivity contribution in [2.24, 2.45) is 18.9 Å². The molecular weight excluding hydrogens is 310 g/mol. The van der Waals surface area contributed by atoms with E-state index in [0.29, 0.717) is 6.04 Å². The van der Waals surface area contributed by atoms with Crippen LogP contribution in [0.2, 0.25) is 0 Å². The van der Waals surface area contributed by atoms with Crippen LogP contribution in [0, 0.1) is 11.8 Å². The highest BCUT2D eigenvalue weighted by Gasteiger charge is 2.41. The number of nitrogens with zero attached hydrogens (tertiary/aromatic N) is 5. The molecule has 3 atom stereocenters. The van der Waals surface area contributed by atoms with Gasteiger partial charge in [-0.15, -0.1) is 0 Å². The van der Waals surface area contributed by atoms with Gasteiger partial charge < -0.3 is 0 Å². The minimum absolute atomic E-state index is 0.692. The maximum atomic E-state index is 4.32. The van der Waals surface area contributed by atoms with Gasteiger partial charge in [0.2, 0.25) is 0 Å². The van der Waals surface area contributed by atoms with E-state index < -0.39 is 0 Å². The van der Waals surface area contributed by atoms with E-state index in [1.54, 1.807) is 0 Å². The number of rotatable bonds is 5. The van der Waals surface area contributed by atoms with Crippen molar-refractivity contribution < 1.29 is 0 Å². The number of likely N-dealkylation sites (tertiary alicyclic amines) is 1. The maximum Gasteiger partial charge on any atom is 0.0534 e. The van der Waals surface area contributed by atoms with E-state index in [-0.39, 0.29) is 0 Å². The van der Waals surface area contributed by atoms with Gasteiger partial charge in [-0.2, -0.15) is 5.10 Å². The Kier molecular flexibility index (Phi) is 4.86. The number of pyridine rings is 1. The smallest absolute Gasteiger partial charge is 0.0534 e. The second-order valence-corrected chi connectivity index (χ2v) is 7.91. The lowest BCUT2D eigenvalue weighted by Gasteiger charge is -2.39. The molecule has 0 amide bonds. The highest BCUT2D eigenvalue weighted by molar-refractivity contribution is 5.09. The first-order valence-electron chi connectivity index (χ1n) is 9.48. The Morgan fingerprint density at radius 3 is 2.88 bits per heavy atom. The molecule has 4 rings (SSSR count). The predicted molar refractivity (Wildman–Crippen MR) is 98.8 cm³/mol. The number of aryl methyl sites for hydroxylation is 1. The zero-order valence-corrected chi connectivity index (χ0v) is 15.4. The topological polar surface area (TPSA) is 37.2 Å². The fourth-order valence-corrected chi connectivity index (χ4v) is 4.92. The van der Waals surface area contributed by atoms with Gasteiger partial charge in [-0.05, 0) is 43.4 Å². The molecule has 0 radical (unpaired) electrons. The van der Waals surface area contributed by atoms with Gasteiger partial charge in [-0.3, -0.25) is 19.5 Å². The van der Waals surface area contributed by atoms with Gasteiger partial charge in [0.15, 0.2) is 0 Å². The van der Waals surface area contributed by atoms with E-state index in [1.165, 1.54) is 43.5 Å². The van der Waals surface area contributed by atoms with Crippen LogP contribution < -0.4 is 0 Å². The van der Waals surface area contributed by atoms with Gasteiger partial charge in [-0.25, -0.2) is 0 Å². The van der Waals surface area contributed by atoms with Crippen molar-refractivity contribution >= 4 is 0 Å². The van der Waals surface area contributed by atoms with Gasteiger partial charge in [-0.1, -0.05) is 12.5 Å². The molecule has 134 valence electrons. The monoisotopic (exact) mass is 339 g/mol. The van der Waals surface area contributed by atoms with E-state index in [9.17, 15) is 0 Å². The van der Waals surface area contributed by atoms with Crippen molar-refractivity contribution in [3.8, 4) is 0 Å². The fraction of sp³-hybridized carbons (Fsp3) is 0.600. The summed E-state index contributed by atoms with van der Waals surface area (Å²) in [5, 5.41) is 4.32. The minimum atomic E-state index is 0.692. The van der Waals surface area contributed by atoms with Crippen LogP contribution in [0.15, 0.2) is 36.9 Å². The van der Waals surface area contributed by atoms with Crippen LogP contribution in [-0.2, 0) is 20.1 Å². The second-order valence-electron chi connectivity index (χ2n) is 7.91. The minimum Gasteiger partial charge on any atom is -0.299 e. The molecule has 5 heteroatoms. The molecule has 2 aliphatic rings. The van der Waals surface area contributed by atoms with Gasteiger partial charge >= 0.3 is 0 Å². The summed E-state index contributed by atoms with van der Waals surface area (Å²) in [6, 6.07) is 4.92. The summed E-state index contributed by atoms with van der Waals surface area (Å²) < 4.78 is 1.91. The largest absolute Gasteiger partial charge is 0.299 e. The van der Waals surface area contributed by atoms with E-state index >= 15 is 0 Å². The van der Waals surface area contributed by atoms with Gasteiger partial charge in [0.25, 0.3) is 0 Å². The Labute approximate surface area is 150 Å². The van der Waals surface area contributed by atoms with Crippen LogP contribution in [0.1, 0.15) is 30.4 Å². The third kappa shape index (κ3) is 3.77. The van der Waals surface area contributed by atoms with Crippen LogP contribution in [0.5, 0.6) is 0 Å². The van der Waals surface area contributed by atoms with Crippen molar-refractivity contribution in [3.63, 3.8) is 0 Å². The standard InChI is InChI=1S/C20H29N5/c1-23(11-16-5-4-8-21-9-16)20-7-3-6-18-14-25(15-19(18)20)13-17-10-22-24(2)12-17/h4-5,8-10,12,18-20H,3,6-7,11,13-15H2,1-2H3/t18-,19+,20?/m1/s1. The first-order valence-corrected chi connectivity index (χ1v) is 9.48. The van der Waals surface area contributed by atoms with Crippen LogP contribution in [0.25, 0.3) is 0 Å². The molecule has 1 unspecified atom stereocenters. The van der Waals surface area contributed by atoms with E-state index in [4.69, 9.17) is 0 Å². The van der Waals surface area contributed by atoms with Crippen molar-refractivity contribution in [1.82, 2.24) is 24.6 Å². The zero-order valence-electron chi connectivity index (χ0n) is 15.4. The highest BCUT2D eigenvalue weighted by atomic mass is 15.3. The molecule has 0 aromatic carbocycles. The van der Waals surface area contributed by atoms with Crippen LogP contribution >= 0.6 is 0 Å². The average molecular weight is 339 g/mol. The summed E-state index contributed by atoms with van der Waals surface area (Å²) in [6.45, 7) is 4.52. The molecule has 2 fully saturated rings. The third-order valence-electron chi connectivity index (χ3n) is 6.02. The SMILES string of the molecule is CN(Cc1cccnc1)C1CCC[C@@H]2CN(Cc3cnn(C)c3)C[C@H]12. The summed E-state index contributed by atoms with van der Waals surface area (Å²) in [7, 11) is 4.29. The Morgan fingerprint density at radius 2 is 2.12 bits per heavy atom. The van der Waals surface area contributed by atoms with Crippen LogP contribution in [0.4, 0.5) is 0 Å². The molecular formula is C20H29N5. The van der Waals surface area contributed by atoms with Crippen LogP contribution in [-0.4, -0.2) is 50.7 Å². The van der Waals surface area contributed by atoms with E-state index in [2.05, 4.69) is 39.2 Å². The zero-order chi connectivity index (χ0) is 17.2. The highest BCUT2D eigenvalue weighted by Crippen LogP contribution is 2.39. The number of aromatic nitrogens is 3. The molecule has 2 aromatic heterocycles. The summed E-state index contributed by atoms with van der Waals surface area (Å²) in [5.41, 5.74) is 2.65. The number of fused-ring (bicyclic) bond motifs is 1. The Hall–Kier alpha value is -1.72. The number of hydrogen-bond donors (Lipinski definition) is 0. The van der Waals surface area contributed by atoms with Gasteiger partial charge in [0.1, 0.15) is 0 Å². The molecule has 1 saturated carbocycles. The van der Waals surface area contributed by atoms with Crippen molar-refractivity contribution in [1.29, 1.82) is 0 Å². The predicted octanol–water partition coefficient (Wildman–Crippen LogP) is 2.55.